The van der Waals surface area contributed by atoms with Crippen LogP contribution in [0.1, 0.15) is 19.3 Å². The summed E-state index contributed by atoms with van der Waals surface area (Å²) < 4.78 is 23.3. The van der Waals surface area contributed by atoms with E-state index < -0.39 is 23.5 Å². The first-order valence-electron chi connectivity index (χ1n) is 6.95. The fourth-order valence-corrected chi connectivity index (χ4v) is 2.23. The van der Waals surface area contributed by atoms with Crippen molar-refractivity contribution in [1.82, 2.24) is 5.32 Å². The van der Waals surface area contributed by atoms with Gasteiger partial charge in [-0.05, 0) is 43.5 Å². The Hall–Kier alpha value is -2.15. The molecule has 1 aromatic rings. The lowest BCUT2D eigenvalue weighted by molar-refractivity contribution is -0.155. The van der Waals surface area contributed by atoms with Gasteiger partial charge < -0.3 is 19.9 Å². The molecule has 7 heteroatoms. The molecule has 0 heterocycles. The Labute approximate surface area is 127 Å². The molecule has 0 aromatic heterocycles. The van der Waals surface area contributed by atoms with Crippen LogP contribution in [0.25, 0.3) is 0 Å². The van der Waals surface area contributed by atoms with Crippen LogP contribution in [0.2, 0.25) is 0 Å². The second-order valence-electron chi connectivity index (χ2n) is 5.16. The Morgan fingerprint density at radius 3 is 2.45 bits per heavy atom. The molecule has 0 bridgehead atoms. The molecule has 2 rings (SSSR count). The van der Waals surface area contributed by atoms with Gasteiger partial charge in [-0.3, -0.25) is 4.79 Å². The summed E-state index contributed by atoms with van der Waals surface area (Å²) >= 11 is 0. The molecule has 1 fully saturated rings. The Morgan fingerprint density at radius 1 is 1.36 bits per heavy atom. The molecule has 1 unspecified atom stereocenters. The van der Waals surface area contributed by atoms with Crippen LogP contribution in [0.4, 0.5) is 4.39 Å². The summed E-state index contributed by atoms with van der Waals surface area (Å²) in [5.74, 6) is -1.78. The summed E-state index contributed by atoms with van der Waals surface area (Å²) in [4.78, 5) is 23.3. The van der Waals surface area contributed by atoms with Gasteiger partial charge in [0.05, 0.1) is 6.54 Å². The van der Waals surface area contributed by atoms with E-state index in [1.54, 1.807) is 0 Å². The standard InChI is InChI=1S/C15H18FNO5/c1-21-15(7-2-8-15)14(20)17-9-12(13(18)19)22-11-5-3-10(16)4-6-11/h3-6,12H,2,7-9H2,1H3,(H,17,20)(H,18,19). The third-order valence-corrected chi connectivity index (χ3v) is 3.78. The zero-order valence-electron chi connectivity index (χ0n) is 12.2. The van der Waals surface area contributed by atoms with E-state index in [-0.39, 0.29) is 18.2 Å². The average Bonchev–Trinajstić information content (AvgIpc) is 2.44. The zero-order chi connectivity index (χ0) is 16.2. The molecule has 0 aliphatic heterocycles. The molecule has 1 atom stereocenters. The van der Waals surface area contributed by atoms with Crippen molar-refractivity contribution in [3.63, 3.8) is 0 Å². The molecule has 0 radical (unpaired) electrons. The SMILES string of the molecule is COC1(C(=O)NCC(Oc2ccc(F)cc2)C(=O)O)CCC1. The number of rotatable bonds is 7. The molecule has 6 nitrogen and oxygen atoms in total. The van der Waals surface area contributed by atoms with Crippen molar-refractivity contribution >= 4 is 11.9 Å². The number of carbonyl (C=O) groups is 2. The van der Waals surface area contributed by atoms with Gasteiger partial charge in [0.15, 0.2) is 0 Å². The van der Waals surface area contributed by atoms with Crippen molar-refractivity contribution in [3.05, 3.63) is 30.1 Å². The second kappa shape index (κ2) is 6.74. The fraction of sp³-hybridized carbons (Fsp3) is 0.467. The van der Waals surface area contributed by atoms with E-state index in [1.165, 1.54) is 31.4 Å². The Morgan fingerprint density at radius 2 is 2.00 bits per heavy atom. The number of benzene rings is 1. The normalized spacial score (nSPS) is 17.2. The van der Waals surface area contributed by atoms with Crippen molar-refractivity contribution < 1.29 is 28.6 Å². The van der Waals surface area contributed by atoms with Gasteiger partial charge in [0.2, 0.25) is 6.10 Å². The lowest BCUT2D eigenvalue weighted by Gasteiger charge is -2.38. The number of methoxy groups -OCH3 is 1. The van der Waals surface area contributed by atoms with Crippen molar-refractivity contribution in [2.75, 3.05) is 13.7 Å². The van der Waals surface area contributed by atoms with Gasteiger partial charge in [0, 0.05) is 7.11 Å². The predicted molar refractivity (Wildman–Crippen MR) is 75.1 cm³/mol. The monoisotopic (exact) mass is 311 g/mol. The predicted octanol–water partition coefficient (Wildman–Crippen LogP) is 1.34. The third kappa shape index (κ3) is 3.54. The molecule has 120 valence electrons. The first-order chi connectivity index (χ1) is 10.5. The first kappa shape index (κ1) is 16.2. The lowest BCUT2D eigenvalue weighted by atomic mass is 9.79. The number of carboxylic acid groups (broad SMARTS) is 1. The van der Waals surface area contributed by atoms with Crippen LogP contribution in [0.5, 0.6) is 5.75 Å². The maximum Gasteiger partial charge on any atom is 0.346 e. The van der Waals surface area contributed by atoms with Crippen LogP contribution < -0.4 is 10.1 Å². The highest BCUT2D eigenvalue weighted by Crippen LogP contribution is 2.35. The van der Waals surface area contributed by atoms with E-state index in [0.717, 1.165) is 6.42 Å². The van der Waals surface area contributed by atoms with Gasteiger partial charge in [-0.25, -0.2) is 9.18 Å². The average molecular weight is 311 g/mol. The summed E-state index contributed by atoms with van der Waals surface area (Å²) in [6.45, 7) is -0.198. The van der Waals surface area contributed by atoms with Crippen molar-refractivity contribution in [1.29, 1.82) is 0 Å². The van der Waals surface area contributed by atoms with Gasteiger partial charge in [0.25, 0.3) is 5.91 Å². The summed E-state index contributed by atoms with van der Waals surface area (Å²) in [5, 5.41) is 11.7. The summed E-state index contributed by atoms with van der Waals surface area (Å²) in [6.07, 6.45) is 0.872. The minimum absolute atomic E-state index is 0.198. The van der Waals surface area contributed by atoms with Gasteiger partial charge in [-0.15, -0.1) is 0 Å². The van der Waals surface area contributed by atoms with Crippen molar-refractivity contribution in [2.24, 2.45) is 0 Å². The number of halogens is 1. The molecule has 1 saturated carbocycles. The maximum atomic E-state index is 12.8. The number of aliphatic carboxylic acids is 1. The van der Waals surface area contributed by atoms with Crippen LogP contribution in [0.15, 0.2) is 24.3 Å². The highest BCUT2D eigenvalue weighted by Gasteiger charge is 2.44. The minimum atomic E-state index is -1.26. The topological polar surface area (TPSA) is 84.9 Å². The van der Waals surface area contributed by atoms with Gasteiger partial charge in [-0.2, -0.15) is 0 Å². The molecule has 0 saturated heterocycles. The molecular weight excluding hydrogens is 293 g/mol. The molecular formula is C15H18FNO5. The van der Waals surface area contributed by atoms with E-state index >= 15 is 0 Å². The lowest BCUT2D eigenvalue weighted by Crippen LogP contribution is -2.55. The number of ether oxygens (including phenoxy) is 2. The van der Waals surface area contributed by atoms with Crippen molar-refractivity contribution in [2.45, 2.75) is 31.0 Å². The van der Waals surface area contributed by atoms with Crippen LogP contribution in [-0.4, -0.2) is 42.3 Å². The largest absolute Gasteiger partial charge is 0.478 e. The molecule has 1 aliphatic carbocycles. The molecule has 2 N–H and O–H groups in total. The second-order valence-corrected chi connectivity index (χ2v) is 5.16. The molecule has 0 spiro atoms. The van der Waals surface area contributed by atoms with Gasteiger partial charge >= 0.3 is 5.97 Å². The molecule has 1 aliphatic rings. The van der Waals surface area contributed by atoms with Crippen LogP contribution in [-0.2, 0) is 14.3 Å². The van der Waals surface area contributed by atoms with E-state index in [4.69, 9.17) is 14.6 Å². The highest BCUT2D eigenvalue weighted by molar-refractivity contribution is 5.86. The fourth-order valence-electron chi connectivity index (χ4n) is 2.23. The number of nitrogens with one attached hydrogen (secondary N) is 1. The van der Waals surface area contributed by atoms with Crippen LogP contribution in [0, 0.1) is 5.82 Å². The van der Waals surface area contributed by atoms with Crippen LogP contribution in [0.3, 0.4) is 0 Å². The third-order valence-electron chi connectivity index (χ3n) is 3.78. The van der Waals surface area contributed by atoms with Gasteiger partial charge in [-0.1, -0.05) is 0 Å². The summed E-state index contributed by atoms with van der Waals surface area (Å²) in [5.41, 5.74) is -0.848. The van der Waals surface area contributed by atoms with E-state index in [2.05, 4.69) is 5.32 Å². The zero-order valence-corrected chi connectivity index (χ0v) is 12.2. The minimum Gasteiger partial charge on any atom is -0.478 e. The Kier molecular flexibility index (Phi) is 4.97. The Balaban J connectivity index is 1.93. The molecule has 22 heavy (non-hydrogen) atoms. The van der Waals surface area contributed by atoms with E-state index in [0.29, 0.717) is 12.8 Å². The number of carbonyl (C=O) groups excluding carboxylic acids is 1. The quantitative estimate of drug-likeness (QED) is 0.794. The number of hydrogen-bond donors (Lipinski definition) is 2. The van der Waals surface area contributed by atoms with E-state index in [9.17, 15) is 14.0 Å². The van der Waals surface area contributed by atoms with Gasteiger partial charge in [0.1, 0.15) is 17.2 Å². The van der Waals surface area contributed by atoms with Crippen LogP contribution >= 0.6 is 0 Å². The number of hydrogen-bond acceptors (Lipinski definition) is 4. The molecule has 1 amide bonds. The number of carboxylic acids is 1. The maximum absolute atomic E-state index is 12.8. The van der Waals surface area contributed by atoms with Crippen molar-refractivity contribution in [3.8, 4) is 5.75 Å². The Bertz CT molecular complexity index is 536. The molecule has 1 aromatic carbocycles. The first-order valence-corrected chi connectivity index (χ1v) is 6.95. The van der Waals surface area contributed by atoms with E-state index in [1.807, 2.05) is 0 Å². The summed E-state index contributed by atoms with van der Waals surface area (Å²) in [7, 11) is 1.46. The smallest absolute Gasteiger partial charge is 0.346 e. The summed E-state index contributed by atoms with van der Waals surface area (Å²) in [6, 6.07) is 4.99. The highest BCUT2D eigenvalue weighted by atomic mass is 19.1. The number of amides is 1.